The van der Waals surface area contributed by atoms with Crippen LogP contribution in [0.2, 0.25) is 0 Å². The lowest BCUT2D eigenvalue weighted by atomic mass is 9.94. The Kier molecular flexibility index (Phi) is 2.17. The highest BCUT2D eigenvalue weighted by molar-refractivity contribution is 7.95. The molecular weight excluding hydrogens is 224 g/mol. The normalized spacial score (nSPS) is 17.1. The zero-order chi connectivity index (χ0) is 12.2. The molecule has 0 amide bonds. The highest BCUT2D eigenvalue weighted by Gasteiger charge is 2.32. The van der Waals surface area contributed by atoms with Crippen LogP contribution < -0.4 is 0 Å². The molecule has 4 heteroatoms. The van der Waals surface area contributed by atoms with E-state index in [-0.39, 0.29) is 10.7 Å². The lowest BCUT2D eigenvalue weighted by Crippen LogP contribution is -2.04. The number of rotatable bonds is 0. The first-order valence-electron chi connectivity index (χ1n) is 5.04. The Morgan fingerprint density at radius 1 is 0.938 bits per heavy atom. The Morgan fingerprint density at radius 2 is 1.44 bits per heavy atom. The van der Waals surface area contributed by atoms with Crippen molar-refractivity contribution in [2.24, 2.45) is 0 Å². The van der Waals surface area contributed by atoms with Crippen LogP contribution in [-0.4, -0.2) is 13.5 Å². The van der Waals surface area contributed by atoms with Crippen LogP contribution in [0, 0.1) is 27.7 Å². The van der Waals surface area contributed by atoms with Crippen LogP contribution in [0.1, 0.15) is 27.8 Å². The van der Waals surface area contributed by atoms with Gasteiger partial charge >= 0.3 is 0 Å². The number of hydrogen-bond acceptors (Lipinski definition) is 3. The van der Waals surface area contributed by atoms with Crippen LogP contribution in [0.3, 0.4) is 0 Å². The van der Waals surface area contributed by atoms with Crippen LogP contribution in [-0.2, 0) is 9.84 Å². The predicted octanol–water partition coefficient (Wildman–Crippen LogP) is 2.56. The van der Waals surface area contributed by atoms with Gasteiger partial charge in [-0.3, -0.25) is 0 Å². The van der Waals surface area contributed by atoms with E-state index in [2.05, 4.69) is 0 Å². The first-order chi connectivity index (χ1) is 7.27. The van der Waals surface area contributed by atoms with E-state index in [0.29, 0.717) is 5.56 Å². The Hall–Kier alpha value is -1.29. The number of aliphatic hydroxyl groups is 1. The van der Waals surface area contributed by atoms with Gasteiger partial charge in [0.05, 0.1) is 10.3 Å². The van der Waals surface area contributed by atoms with E-state index in [1.165, 1.54) is 0 Å². The zero-order valence-corrected chi connectivity index (χ0v) is 10.6. The largest absolute Gasteiger partial charge is 0.507 e. The summed E-state index contributed by atoms with van der Waals surface area (Å²) < 4.78 is 23.7. The van der Waals surface area contributed by atoms with E-state index in [1.54, 1.807) is 6.92 Å². The number of fused-ring (bicyclic) bond motifs is 1. The van der Waals surface area contributed by atoms with Gasteiger partial charge in [-0.2, -0.15) is 0 Å². The quantitative estimate of drug-likeness (QED) is 0.755. The highest BCUT2D eigenvalue weighted by atomic mass is 32.2. The molecule has 0 fully saturated rings. The second-order valence-electron chi connectivity index (χ2n) is 4.25. The summed E-state index contributed by atoms with van der Waals surface area (Å²) in [4.78, 5) is 0.269. The molecule has 0 aromatic heterocycles. The van der Waals surface area contributed by atoms with Gasteiger partial charge < -0.3 is 5.11 Å². The fraction of sp³-hybridized carbons (Fsp3) is 0.333. The average molecular weight is 238 g/mol. The van der Waals surface area contributed by atoms with Crippen molar-refractivity contribution in [2.75, 3.05) is 0 Å². The topological polar surface area (TPSA) is 54.4 Å². The summed E-state index contributed by atoms with van der Waals surface area (Å²) in [7, 11) is -3.46. The van der Waals surface area contributed by atoms with Crippen molar-refractivity contribution in [3.05, 3.63) is 33.2 Å². The molecule has 0 spiro atoms. The molecule has 0 saturated carbocycles. The lowest BCUT2D eigenvalue weighted by Gasteiger charge is -2.14. The summed E-state index contributed by atoms with van der Waals surface area (Å²) in [6.45, 7) is 7.47. The molecule has 0 atom stereocenters. The third-order valence-corrected chi connectivity index (χ3v) is 5.05. The first kappa shape index (κ1) is 11.2. The van der Waals surface area contributed by atoms with Gasteiger partial charge in [0.1, 0.15) is 5.76 Å². The van der Waals surface area contributed by atoms with Crippen LogP contribution >= 0.6 is 0 Å². The Morgan fingerprint density at radius 3 is 2.00 bits per heavy atom. The van der Waals surface area contributed by atoms with Gasteiger partial charge in [-0.05, 0) is 49.9 Å². The minimum absolute atomic E-state index is 0.140. The summed E-state index contributed by atoms with van der Waals surface area (Å²) in [6.07, 6.45) is 0. The maximum atomic E-state index is 11.9. The second kappa shape index (κ2) is 3.10. The van der Waals surface area contributed by atoms with E-state index in [4.69, 9.17) is 0 Å². The molecule has 1 aromatic carbocycles. The maximum absolute atomic E-state index is 11.9. The molecule has 1 aliphatic rings. The Balaban J connectivity index is 3.04. The molecule has 0 saturated heterocycles. The molecule has 1 aromatic rings. The van der Waals surface area contributed by atoms with Crippen molar-refractivity contribution in [1.29, 1.82) is 0 Å². The summed E-state index contributed by atoms with van der Waals surface area (Å²) in [5.74, 6) is -0.140. The third-order valence-electron chi connectivity index (χ3n) is 3.44. The van der Waals surface area contributed by atoms with E-state index < -0.39 is 9.84 Å². The summed E-state index contributed by atoms with van der Waals surface area (Å²) in [5.41, 5.74) is 4.06. The van der Waals surface area contributed by atoms with Crippen molar-refractivity contribution in [3.63, 3.8) is 0 Å². The molecule has 1 heterocycles. The lowest BCUT2D eigenvalue weighted by molar-refractivity contribution is 0.511. The highest BCUT2D eigenvalue weighted by Crippen LogP contribution is 2.39. The molecule has 2 rings (SSSR count). The SMILES string of the molecule is Cc1c(C)c(C)c2c(c1C)C(O)=CS2(=O)=O. The van der Waals surface area contributed by atoms with Crippen molar-refractivity contribution in [3.8, 4) is 0 Å². The molecule has 86 valence electrons. The van der Waals surface area contributed by atoms with Crippen molar-refractivity contribution in [2.45, 2.75) is 32.6 Å². The van der Waals surface area contributed by atoms with E-state index in [0.717, 1.165) is 27.7 Å². The van der Waals surface area contributed by atoms with Crippen molar-refractivity contribution in [1.82, 2.24) is 0 Å². The average Bonchev–Trinajstić information content (AvgIpc) is 2.42. The minimum atomic E-state index is -3.46. The monoisotopic (exact) mass is 238 g/mol. The molecular formula is C12H14O3S. The molecule has 0 aliphatic carbocycles. The number of sulfone groups is 1. The van der Waals surface area contributed by atoms with E-state index >= 15 is 0 Å². The van der Waals surface area contributed by atoms with Crippen LogP contribution in [0.5, 0.6) is 0 Å². The van der Waals surface area contributed by atoms with Crippen LogP contribution in [0.25, 0.3) is 5.76 Å². The van der Waals surface area contributed by atoms with Crippen LogP contribution in [0.15, 0.2) is 10.3 Å². The predicted molar refractivity (Wildman–Crippen MR) is 63.2 cm³/mol. The van der Waals surface area contributed by atoms with Gasteiger partial charge in [0.2, 0.25) is 9.84 Å². The molecule has 0 bridgehead atoms. The number of aliphatic hydroxyl groups excluding tert-OH is 1. The van der Waals surface area contributed by atoms with Gasteiger partial charge in [-0.25, -0.2) is 8.42 Å². The van der Waals surface area contributed by atoms with Gasteiger partial charge in [-0.1, -0.05) is 0 Å². The number of hydrogen-bond donors (Lipinski definition) is 1. The van der Waals surface area contributed by atoms with Gasteiger partial charge in [0.15, 0.2) is 0 Å². The molecule has 3 nitrogen and oxygen atoms in total. The molecule has 1 aliphatic heterocycles. The van der Waals surface area contributed by atoms with Crippen LogP contribution in [0.4, 0.5) is 0 Å². The van der Waals surface area contributed by atoms with E-state index in [1.807, 2.05) is 20.8 Å². The summed E-state index contributed by atoms with van der Waals surface area (Å²) in [6, 6.07) is 0. The third kappa shape index (κ3) is 1.23. The zero-order valence-electron chi connectivity index (χ0n) is 9.75. The number of benzene rings is 1. The van der Waals surface area contributed by atoms with E-state index in [9.17, 15) is 13.5 Å². The smallest absolute Gasteiger partial charge is 0.204 e. The Labute approximate surface area is 95.3 Å². The summed E-state index contributed by atoms with van der Waals surface area (Å²) >= 11 is 0. The maximum Gasteiger partial charge on any atom is 0.204 e. The standard InChI is InChI=1S/C12H14O3S/c1-6-7(2)9(4)12-11(8(6)3)10(13)5-16(12,14)15/h5,13H,1-4H3. The van der Waals surface area contributed by atoms with Crippen molar-refractivity contribution < 1.29 is 13.5 Å². The minimum Gasteiger partial charge on any atom is -0.507 e. The Bertz CT molecular complexity index is 622. The van der Waals surface area contributed by atoms with Crippen molar-refractivity contribution >= 4 is 15.6 Å². The first-order valence-corrected chi connectivity index (χ1v) is 6.58. The molecule has 0 unspecified atom stereocenters. The van der Waals surface area contributed by atoms with Gasteiger partial charge in [0, 0.05) is 5.56 Å². The van der Waals surface area contributed by atoms with Gasteiger partial charge in [-0.15, -0.1) is 0 Å². The molecule has 16 heavy (non-hydrogen) atoms. The molecule has 0 radical (unpaired) electrons. The second-order valence-corrected chi connectivity index (χ2v) is 5.99. The fourth-order valence-electron chi connectivity index (χ4n) is 2.21. The molecule has 1 N–H and O–H groups in total. The summed E-state index contributed by atoms with van der Waals surface area (Å²) in [5, 5.41) is 10.7. The van der Waals surface area contributed by atoms with Gasteiger partial charge in [0.25, 0.3) is 0 Å². The fourth-order valence-corrected chi connectivity index (χ4v) is 3.86.